The van der Waals surface area contributed by atoms with Gasteiger partial charge in [0.1, 0.15) is 23.6 Å². The molecule has 0 aliphatic rings. The number of H-pyrrole nitrogens is 1. The normalized spacial score (nSPS) is 12.4. The summed E-state index contributed by atoms with van der Waals surface area (Å²) >= 11 is 7.38. The van der Waals surface area contributed by atoms with E-state index in [1.165, 1.54) is 23.5 Å². The summed E-state index contributed by atoms with van der Waals surface area (Å²) < 4.78 is 13.7. The second-order valence-electron chi connectivity index (χ2n) is 6.78. The highest BCUT2D eigenvalue weighted by Crippen LogP contribution is 2.31. The van der Waals surface area contributed by atoms with E-state index >= 15 is 0 Å². The molecule has 0 spiro atoms. The third-order valence-corrected chi connectivity index (χ3v) is 5.87. The van der Waals surface area contributed by atoms with Crippen LogP contribution in [0.4, 0.5) is 4.39 Å². The van der Waals surface area contributed by atoms with E-state index in [-0.39, 0.29) is 11.4 Å². The molecule has 142 valence electrons. The molecule has 28 heavy (non-hydrogen) atoms. The van der Waals surface area contributed by atoms with Gasteiger partial charge in [0.25, 0.3) is 5.56 Å². The van der Waals surface area contributed by atoms with Crippen molar-refractivity contribution in [2.75, 3.05) is 7.05 Å². The van der Waals surface area contributed by atoms with Gasteiger partial charge < -0.3 is 9.88 Å². The second-order valence-corrected chi connectivity index (χ2v) is 8.27. The summed E-state index contributed by atoms with van der Waals surface area (Å²) in [5.74, 6) is 0.393. The monoisotopic (exact) mass is 414 g/mol. The van der Waals surface area contributed by atoms with Crippen LogP contribution in [0.15, 0.2) is 59.4 Å². The van der Waals surface area contributed by atoms with Gasteiger partial charge in [-0.25, -0.2) is 9.37 Å². The molecule has 2 aromatic heterocycles. The summed E-state index contributed by atoms with van der Waals surface area (Å²) in [6.07, 6.45) is 0. The molecule has 7 heteroatoms. The second kappa shape index (κ2) is 7.83. The molecule has 4 rings (SSSR count). The summed E-state index contributed by atoms with van der Waals surface area (Å²) in [7, 11) is 2.01. The largest absolute Gasteiger partial charge is 0.327 e. The fraction of sp³-hybridized carbons (Fsp3) is 0.143. The minimum absolute atomic E-state index is 0.125. The van der Waals surface area contributed by atoms with Crippen molar-refractivity contribution in [3.8, 4) is 10.4 Å². The number of aromatic nitrogens is 2. The van der Waals surface area contributed by atoms with E-state index in [2.05, 4.69) is 9.97 Å². The van der Waals surface area contributed by atoms with Crippen molar-refractivity contribution < 1.29 is 9.29 Å². The van der Waals surface area contributed by atoms with Crippen LogP contribution in [0.2, 0.25) is 5.02 Å². The molecule has 2 N–H and O–H groups in total. The maximum Gasteiger partial charge on any atom is 0.269 e. The third-order valence-electron chi connectivity index (χ3n) is 4.45. The van der Waals surface area contributed by atoms with Gasteiger partial charge in [0.05, 0.1) is 12.6 Å². The first-order chi connectivity index (χ1) is 13.5. The number of nitrogens with zero attached hydrogens (tertiary/aromatic N) is 1. The van der Waals surface area contributed by atoms with Gasteiger partial charge in [-0.2, -0.15) is 0 Å². The average Bonchev–Trinajstić information content (AvgIpc) is 3.09. The molecule has 0 radical (unpaired) electrons. The van der Waals surface area contributed by atoms with E-state index in [0.29, 0.717) is 34.2 Å². The number of hydrogen-bond acceptors (Lipinski definition) is 3. The molecule has 4 nitrogen and oxygen atoms in total. The summed E-state index contributed by atoms with van der Waals surface area (Å²) in [6, 6.07) is 15.9. The SMILES string of the molecule is C[NH+](Cc1ccc(F)cc1)Cc1nc2cc(-c3ccc(Cl)cc3)sc2c(=O)[nH]1. The Morgan fingerprint density at radius 2 is 1.82 bits per heavy atom. The molecule has 0 saturated carbocycles. The van der Waals surface area contributed by atoms with Crippen molar-refractivity contribution in [1.29, 1.82) is 0 Å². The number of fused-ring (bicyclic) bond motifs is 1. The number of nitrogens with one attached hydrogen (secondary N) is 2. The fourth-order valence-corrected chi connectivity index (χ4v) is 4.25. The highest BCUT2D eigenvalue weighted by Gasteiger charge is 2.13. The summed E-state index contributed by atoms with van der Waals surface area (Å²) in [6.45, 7) is 1.27. The molecular weight excluding hydrogens is 397 g/mol. The van der Waals surface area contributed by atoms with Crippen molar-refractivity contribution in [3.05, 3.63) is 87.2 Å². The van der Waals surface area contributed by atoms with Gasteiger partial charge in [-0.3, -0.25) is 4.79 Å². The van der Waals surface area contributed by atoms with Gasteiger partial charge in [0.15, 0.2) is 5.82 Å². The van der Waals surface area contributed by atoms with Crippen molar-refractivity contribution in [3.63, 3.8) is 0 Å². The van der Waals surface area contributed by atoms with Crippen LogP contribution in [0.3, 0.4) is 0 Å². The van der Waals surface area contributed by atoms with Crippen LogP contribution >= 0.6 is 22.9 Å². The first-order valence-corrected chi connectivity index (χ1v) is 10.0. The lowest BCUT2D eigenvalue weighted by Gasteiger charge is -2.13. The van der Waals surface area contributed by atoms with Crippen molar-refractivity contribution in [2.45, 2.75) is 13.1 Å². The van der Waals surface area contributed by atoms with Gasteiger partial charge in [-0.15, -0.1) is 11.3 Å². The lowest BCUT2D eigenvalue weighted by atomic mass is 10.2. The van der Waals surface area contributed by atoms with E-state index in [9.17, 15) is 9.18 Å². The van der Waals surface area contributed by atoms with Crippen molar-refractivity contribution in [2.24, 2.45) is 0 Å². The van der Waals surface area contributed by atoms with Gasteiger partial charge >= 0.3 is 0 Å². The van der Waals surface area contributed by atoms with Crippen LogP contribution in [0, 0.1) is 5.82 Å². The maximum absolute atomic E-state index is 13.0. The Labute approximate surface area is 170 Å². The van der Waals surface area contributed by atoms with Crippen LogP contribution in [0.25, 0.3) is 20.7 Å². The topological polar surface area (TPSA) is 50.2 Å². The van der Waals surface area contributed by atoms with E-state index in [0.717, 1.165) is 20.9 Å². The minimum Gasteiger partial charge on any atom is -0.327 e. The highest BCUT2D eigenvalue weighted by atomic mass is 35.5. The first kappa shape index (κ1) is 18.8. The average molecular weight is 415 g/mol. The Kier molecular flexibility index (Phi) is 5.26. The molecule has 2 heterocycles. The van der Waals surface area contributed by atoms with E-state index in [1.54, 1.807) is 12.1 Å². The number of aromatic amines is 1. The van der Waals surface area contributed by atoms with E-state index < -0.39 is 0 Å². The number of benzene rings is 2. The van der Waals surface area contributed by atoms with Crippen LogP contribution in [-0.4, -0.2) is 17.0 Å². The smallest absolute Gasteiger partial charge is 0.269 e. The highest BCUT2D eigenvalue weighted by molar-refractivity contribution is 7.22. The van der Waals surface area contributed by atoms with Gasteiger partial charge in [-0.05, 0) is 35.9 Å². The Hall–Kier alpha value is -2.54. The molecule has 1 atom stereocenters. The van der Waals surface area contributed by atoms with Crippen LogP contribution in [-0.2, 0) is 13.1 Å². The Morgan fingerprint density at radius 1 is 1.11 bits per heavy atom. The Bertz CT molecular complexity index is 1170. The molecule has 0 aliphatic heterocycles. The fourth-order valence-electron chi connectivity index (χ4n) is 3.13. The molecule has 0 saturated heterocycles. The molecule has 1 unspecified atom stereocenters. The van der Waals surface area contributed by atoms with E-state index in [1.807, 2.05) is 37.4 Å². The zero-order chi connectivity index (χ0) is 19.7. The predicted molar refractivity (Wildman–Crippen MR) is 111 cm³/mol. The summed E-state index contributed by atoms with van der Waals surface area (Å²) in [4.78, 5) is 22.2. The Balaban J connectivity index is 1.57. The lowest BCUT2D eigenvalue weighted by molar-refractivity contribution is -0.908. The molecule has 0 amide bonds. The van der Waals surface area contributed by atoms with Gasteiger partial charge in [-0.1, -0.05) is 35.9 Å². The maximum atomic E-state index is 13.0. The lowest BCUT2D eigenvalue weighted by Crippen LogP contribution is -3.06. The molecular formula is C21H18ClFN3OS+. The minimum atomic E-state index is -0.244. The molecule has 4 aromatic rings. The Morgan fingerprint density at radius 3 is 2.54 bits per heavy atom. The quantitative estimate of drug-likeness (QED) is 0.523. The number of hydrogen-bond donors (Lipinski definition) is 2. The van der Waals surface area contributed by atoms with Gasteiger partial charge in [0, 0.05) is 15.5 Å². The zero-order valence-electron chi connectivity index (χ0n) is 15.1. The third kappa shape index (κ3) is 4.14. The van der Waals surface area contributed by atoms with E-state index in [4.69, 9.17) is 11.6 Å². The molecule has 0 fully saturated rings. The molecule has 0 aliphatic carbocycles. The first-order valence-electron chi connectivity index (χ1n) is 8.82. The zero-order valence-corrected chi connectivity index (χ0v) is 16.7. The van der Waals surface area contributed by atoms with Crippen LogP contribution in [0.1, 0.15) is 11.4 Å². The standard InChI is InChI=1S/C21H17ClFN3OS/c1-26(11-13-2-8-16(23)9-3-13)12-19-24-17-10-18(28-20(17)21(27)25-19)14-4-6-15(22)7-5-14/h2-10H,11-12H2,1H3,(H,24,25,27)/p+1. The van der Waals surface area contributed by atoms with Crippen molar-refractivity contribution >= 4 is 33.2 Å². The predicted octanol–water partition coefficient (Wildman–Crippen LogP) is 3.66. The summed E-state index contributed by atoms with van der Waals surface area (Å²) in [5.41, 5.74) is 2.61. The number of rotatable bonds is 5. The number of quaternary nitrogens is 1. The molecule has 0 bridgehead atoms. The molecule has 2 aromatic carbocycles. The number of halogens is 2. The number of thiophene rings is 1. The van der Waals surface area contributed by atoms with Crippen LogP contribution in [0.5, 0.6) is 0 Å². The van der Waals surface area contributed by atoms with Crippen LogP contribution < -0.4 is 10.5 Å². The summed E-state index contributed by atoms with van der Waals surface area (Å²) in [5, 5.41) is 0.676. The van der Waals surface area contributed by atoms with Crippen molar-refractivity contribution in [1.82, 2.24) is 9.97 Å². The van der Waals surface area contributed by atoms with Gasteiger partial charge in [0.2, 0.25) is 0 Å².